The third-order valence-corrected chi connectivity index (χ3v) is 9.85. The summed E-state index contributed by atoms with van der Waals surface area (Å²) in [5, 5.41) is 15.1. The van der Waals surface area contributed by atoms with Gasteiger partial charge in [0.15, 0.2) is 23.1 Å². The maximum Gasteiger partial charge on any atom is 0.262 e. The molecule has 254 valence electrons. The molecule has 0 saturated heterocycles. The molecule has 1 aliphatic rings. The summed E-state index contributed by atoms with van der Waals surface area (Å²) < 4.78 is 27.1. The summed E-state index contributed by atoms with van der Waals surface area (Å²) >= 11 is 1.40. The van der Waals surface area contributed by atoms with E-state index in [2.05, 4.69) is 41.4 Å². The number of aliphatic hydroxyl groups excluding tert-OH is 1. The van der Waals surface area contributed by atoms with Crippen LogP contribution < -0.4 is 20.1 Å². The minimum Gasteiger partial charge on any atom is -0.493 e. The Labute approximate surface area is 284 Å². The smallest absolute Gasteiger partial charge is 0.262 e. The molecule has 2 heterocycles. The summed E-state index contributed by atoms with van der Waals surface area (Å²) in [6.45, 7) is 7.72. The predicted octanol–water partition coefficient (Wildman–Crippen LogP) is 6.48. The maximum absolute atomic E-state index is 15.7. The number of carbonyl (C=O) groups excluding carboxylic acids is 2. The molecule has 2 aromatic carbocycles. The Kier molecular flexibility index (Phi) is 11.1. The van der Waals surface area contributed by atoms with Crippen molar-refractivity contribution in [1.29, 1.82) is 0 Å². The van der Waals surface area contributed by atoms with Crippen molar-refractivity contribution < 1.29 is 28.6 Å². The van der Waals surface area contributed by atoms with Crippen LogP contribution in [0, 0.1) is 5.82 Å². The highest BCUT2D eigenvalue weighted by molar-refractivity contribution is 7.14. The van der Waals surface area contributed by atoms with E-state index in [9.17, 15) is 14.7 Å². The zero-order chi connectivity index (χ0) is 34.4. The second-order valence-corrected chi connectivity index (χ2v) is 14.3. The SMILES string of the molecule is COc1ccc(-c2cnc(-c3ccc(CC(NC(=O)c4ccc(C(C)(C)C)s4)C(=O)NC(C)CO)cc3)nc2)c(F)c1OC1CCCC1. The molecule has 0 bridgehead atoms. The molecule has 2 atom stereocenters. The van der Waals surface area contributed by atoms with Gasteiger partial charge in [-0.25, -0.2) is 14.4 Å². The van der Waals surface area contributed by atoms with E-state index >= 15 is 4.39 Å². The van der Waals surface area contributed by atoms with Crippen LogP contribution in [0.2, 0.25) is 0 Å². The van der Waals surface area contributed by atoms with E-state index in [1.165, 1.54) is 18.4 Å². The van der Waals surface area contributed by atoms with Crippen molar-refractivity contribution in [2.45, 2.75) is 83.4 Å². The molecule has 9 nitrogen and oxygen atoms in total. The minimum atomic E-state index is -0.866. The molecule has 48 heavy (non-hydrogen) atoms. The first-order valence-electron chi connectivity index (χ1n) is 16.2. The van der Waals surface area contributed by atoms with E-state index in [1.54, 1.807) is 37.5 Å². The maximum atomic E-state index is 15.7. The van der Waals surface area contributed by atoms with Gasteiger partial charge in [0, 0.05) is 46.4 Å². The number of carbonyl (C=O) groups is 2. The average molecular weight is 675 g/mol. The highest BCUT2D eigenvalue weighted by Gasteiger charge is 2.26. The van der Waals surface area contributed by atoms with Gasteiger partial charge in [0.05, 0.1) is 24.7 Å². The lowest BCUT2D eigenvalue weighted by Gasteiger charge is -2.21. The van der Waals surface area contributed by atoms with Crippen LogP contribution in [-0.2, 0) is 16.6 Å². The van der Waals surface area contributed by atoms with Gasteiger partial charge in [-0.2, -0.15) is 0 Å². The van der Waals surface area contributed by atoms with Gasteiger partial charge in [0.2, 0.25) is 5.91 Å². The monoisotopic (exact) mass is 674 g/mol. The van der Waals surface area contributed by atoms with E-state index in [0.29, 0.717) is 27.6 Å². The second-order valence-electron chi connectivity index (χ2n) is 13.2. The Bertz CT molecular complexity index is 1710. The molecule has 0 radical (unpaired) electrons. The van der Waals surface area contributed by atoms with Gasteiger partial charge in [-0.1, -0.05) is 45.0 Å². The van der Waals surface area contributed by atoms with Gasteiger partial charge in [-0.15, -0.1) is 11.3 Å². The molecule has 11 heteroatoms. The van der Waals surface area contributed by atoms with Crippen LogP contribution in [-0.4, -0.2) is 58.8 Å². The number of hydrogen-bond acceptors (Lipinski definition) is 8. The molecule has 1 aliphatic carbocycles. The lowest BCUT2D eigenvalue weighted by molar-refractivity contribution is -0.123. The van der Waals surface area contributed by atoms with Gasteiger partial charge in [0.1, 0.15) is 6.04 Å². The van der Waals surface area contributed by atoms with Gasteiger partial charge in [-0.3, -0.25) is 9.59 Å². The van der Waals surface area contributed by atoms with Crippen molar-refractivity contribution in [2.75, 3.05) is 13.7 Å². The largest absolute Gasteiger partial charge is 0.493 e. The zero-order valence-electron chi connectivity index (χ0n) is 28.0. The summed E-state index contributed by atoms with van der Waals surface area (Å²) in [6.07, 6.45) is 7.27. The third-order valence-electron chi connectivity index (χ3n) is 8.34. The lowest BCUT2D eigenvalue weighted by Crippen LogP contribution is -2.50. The molecule has 5 rings (SSSR count). The van der Waals surface area contributed by atoms with Gasteiger partial charge < -0.3 is 25.2 Å². The van der Waals surface area contributed by atoms with Gasteiger partial charge in [0.25, 0.3) is 5.91 Å². The second kappa shape index (κ2) is 15.3. The van der Waals surface area contributed by atoms with Crippen molar-refractivity contribution in [3.05, 3.63) is 82.1 Å². The van der Waals surface area contributed by atoms with Crippen molar-refractivity contribution in [2.24, 2.45) is 0 Å². The van der Waals surface area contributed by atoms with Crippen LogP contribution >= 0.6 is 11.3 Å². The summed E-state index contributed by atoms with van der Waals surface area (Å²) in [4.78, 5) is 36.9. The van der Waals surface area contributed by atoms with Crippen LogP contribution in [0.15, 0.2) is 60.9 Å². The Hall–Kier alpha value is -4.35. The number of methoxy groups -OCH3 is 1. The number of nitrogens with zero attached hydrogens (tertiary/aromatic N) is 2. The first kappa shape index (κ1) is 35.0. The molecular weight excluding hydrogens is 631 g/mol. The fraction of sp³-hybridized carbons (Fsp3) is 0.405. The molecule has 2 unspecified atom stereocenters. The summed E-state index contributed by atoms with van der Waals surface area (Å²) in [6, 6.07) is 13.1. The van der Waals surface area contributed by atoms with Crippen molar-refractivity contribution in [3.63, 3.8) is 0 Å². The number of rotatable bonds is 12. The quantitative estimate of drug-likeness (QED) is 0.157. The summed E-state index contributed by atoms with van der Waals surface area (Å²) in [7, 11) is 1.50. The van der Waals surface area contributed by atoms with Crippen molar-refractivity contribution >= 4 is 23.2 Å². The minimum absolute atomic E-state index is 0.0297. The lowest BCUT2D eigenvalue weighted by atomic mass is 9.95. The number of amides is 2. The van der Waals surface area contributed by atoms with Gasteiger partial charge in [-0.05, 0) is 67.9 Å². The Morgan fingerprint density at radius 2 is 1.69 bits per heavy atom. The predicted molar refractivity (Wildman–Crippen MR) is 185 cm³/mol. The Morgan fingerprint density at radius 1 is 1.00 bits per heavy atom. The molecule has 0 spiro atoms. The van der Waals surface area contributed by atoms with Crippen LogP contribution in [0.1, 0.15) is 73.5 Å². The molecule has 3 N–H and O–H groups in total. The molecule has 1 fully saturated rings. The first-order valence-corrected chi connectivity index (χ1v) is 17.1. The number of benzene rings is 2. The number of thiophene rings is 1. The number of aromatic nitrogens is 2. The number of nitrogens with one attached hydrogen (secondary N) is 2. The standard InChI is InChI=1S/C37H43FN4O5S/c1-22(21-43)41-35(44)28(42-36(45)30-16-17-31(48-30)37(2,3)4)18-23-10-12-24(13-11-23)34-39-19-25(20-40-34)27-14-15-29(46-5)33(32(27)38)47-26-8-6-7-9-26/h10-17,19-20,22,26,28,43H,6-9,18,21H2,1-5H3,(H,41,44)(H,42,45). The highest BCUT2D eigenvalue weighted by atomic mass is 32.1. The third kappa shape index (κ3) is 8.38. The van der Waals surface area contributed by atoms with Crippen LogP contribution in [0.25, 0.3) is 22.5 Å². The number of aliphatic hydroxyl groups is 1. The average Bonchev–Trinajstić information content (AvgIpc) is 3.79. The number of ether oxygens (including phenoxy) is 2. The Balaban J connectivity index is 1.30. The summed E-state index contributed by atoms with van der Waals surface area (Å²) in [5.41, 5.74) is 2.28. The number of halogens is 1. The fourth-order valence-electron chi connectivity index (χ4n) is 5.54. The molecule has 4 aromatic rings. The van der Waals surface area contributed by atoms with E-state index in [4.69, 9.17) is 9.47 Å². The van der Waals surface area contributed by atoms with Crippen LogP contribution in [0.4, 0.5) is 4.39 Å². The fourth-order valence-corrected chi connectivity index (χ4v) is 6.50. The number of hydrogen-bond donors (Lipinski definition) is 3. The van der Waals surface area contributed by atoms with E-state index in [-0.39, 0.29) is 42.1 Å². The van der Waals surface area contributed by atoms with Crippen LogP contribution in [0.5, 0.6) is 11.5 Å². The first-order chi connectivity index (χ1) is 23.0. The summed E-state index contributed by atoms with van der Waals surface area (Å²) in [5.74, 6) is -0.307. The van der Waals surface area contributed by atoms with Crippen LogP contribution in [0.3, 0.4) is 0 Å². The molecule has 1 saturated carbocycles. The van der Waals surface area contributed by atoms with Gasteiger partial charge >= 0.3 is 0 Å². The molecule has 2 aromatic heterocycles. The Morgan fingerprint density at radius 3 is 2.29 bits per heavy atom. The van der Waals surface area contributed by atoms with E-state index in [1.807, 2.05) is 30.3 Å². The topological polar surface area (TPSA) is 123 Å². The zero-order valence-corrected chi connectivity index (χ0v) is 28.8. The van der Waals surface area contributed by atoms with E-state index < -0.39 is 17.9 Å². The molecular formula is C37H43FN4O5S. The van der Waals surface area contributed by atoms with E-state index in [0.717, 1.165) is 41.7 Å². The normalized spacial score (nSPS) is 14.7. The molecule has 0 aliphatic heterocycles. The highest BCUT2D eigenvalue weighted by Crippen LogP contribution is 2.39. The molecule has 2 amide bonds. The van der Waals surface area contributed by atoms with Crippen molar-refractivity contribution in [1.82, 2.24) is 20.6 Å². The van der Waals surface area contributed by atoms with Crippen molar-refractivity contribution in [3.8, 4) is 34.0 Å².